The summed E-state index contributed by atoms with van der Waals surface area (Å²) < 4.78 is 8.53. The highest BCUT2D eigenvalue weighted by atomic mass is 16.3. The Kier molecular flexibility index (Phi) is 2.72. The molecule has 0 unspecified atom stereocenters. The van der Waals surface area contributed by atoms with E-state index in [4.69, 9.17) is 4.42 Å². The van der Waals surface area contributed by atoms with E-state index in [-0.39, 0.29) is 5.41 Å². The molecule has 0 saturated heterocycles. The largest absolute Gasteiger partial charge is 0.456 e. The van der Waals surface area contributed by atoms with Crippen molar-refractivity contribution in [2.75, 3.05) is 0 Å². The smallest absolute Gasteiger partial charge is 0.137 e. The Morgan fingerprint density at radius 1 is 0.800 bits per heavy atom. The molecule has 0 N–H and O–H groups in total. The van der Waals surface area contributed by atoms with Gasteiger partial charge in [-0.1, -0.05) is 51.1 Å². The second kappa shape index (κ2) is 4.66. The van der Waals surface area contributed by atoms with Gasteiger partial charge in [0, 0.05) is 28.7 Å². The van der Waals surface area contributed by atoms with Crippen molar-refractivity contribution in [3.8, 4) is 0 Å². The molecule has 0 spiro atoms. The van der Waals surface area contributed by atoms with Crippen molar-refractivity contribution in [3.63, 3.8) is 0 Å². The van der Waals surface area contributed by atoms with Crippen molar-refractivity contribution in [2.24, 2.45) is 7.05 Å². The van der Waals surface area contributed by atoms with Crippen LogP contribution in [0.3, 0.4) is 0 Å². The Morgan fingerprint density at radius 2 is 1.56 bits per heavy atom. The van der Waals surface area contributed by atoms with Crippen molar-refractivity contribution >= 4 is 43.7 Å². The Morgan fingerprint density at radius 3 is 2.36 bits per heavy atom. The molecule has 0 radical (unpaired) electrons. The third kappa shape index (κ3) is 1.91. The summed E-state index contributed by atoms with van der Waals surface area (Å²) in [5.74, 6) is 0. The standard InChI is InChI=1S/C23H21NO/c1-23(2,3)14-9-10-17-20(13-14)25-19-12-11-16-15-7-5-6-8-18(15)24(4)22(16)21(17)19/h5-13H,1-4H3. The van der Waals surface area contributed by atoms with Gasteiger partial charge < -0.3 is 8.98 Å². The van der Waals surface area contributed by atoms with Gasteiger partial charge >= 0.3 is 0 Å². The van der Waals surface area contributed by atoms with E-state index in [1.54, 1.807) is 0 Å². The Labute approximate surface area is 146 Å². The number of fused-ring (bicyclic) bond motifs is 7. The average Bonchev–Trinajstić information content (AvgIpc) is 3.10. The third-order valence-corrected chi connectivity index (χ3v) is 5.37. The van der Waals surface area contributed by atoms with Crippen LogP contribution < -0.4 is 0 Å². The van der Waals surface area contributed by atoms with Crippen LogP contribution in [0.5, 0.6) is 0 Å². The molecule has 5 rings (SSSR count). The van der Waals surface area contributed by atoms with Gasteiger partial charge in [-0.3, -0.25) is 0 Å². The number of furan rings is 1. The minimum Gasteiger partial charge on any atom is -0.456 e. The number of hydrogen-bond acceptors (Lipinski definition) is 1. The molecule has 25 heavy (non-hydrogen) atoms. The molecule has 0 bridgehead atoms. The number of hydrogen-bond donors (Lipinski definition) is 0. The molecule has 0 fully saturated rings. The van der Waals surface area contributed by atoms with E-state index < -0.39 is 0 Å². The highest BCUT2D eigenvalue weighted by Gasteiger charge is 2.19. The topological polar surface area (TPSA) is 18.1 Å². The minimum atomic E-state index is 0.113. The third-order valence-electron chi connectivity index (χ3n) is 5.37. The fourth-order valence-electron chi connectivity index (χ4n) is 4.00. The van der Waals surface area contributed by atoms with Crippen LogP contribution in [0.15, 0.2) is 59.0 Å². The highest BCUT2D eigenvalue weighted by Crippen LogP contribution is 2.39. The van der Waals surface area contributed by atoms with E-state index in [0.29, 0.717) is 0 Å². The quantitative estimate of drug-likeness (QED) is 0.316. The SMILES string of the molecule is Cn1c2ccccc2c2ccc3oc4cc(C(C)(C)C)ccc4c3c21. The zero-order valence-corrected chi connectivity index (χ0v) is 15.1. The van der Waals surface area contributed by atoms with Crippen LogP contribution in [-0.4, -0.2) is 4.57 Å². The molecule has 3 aromatic carbocycles. The number of aryl methyl sites for hydroxylation is 1. The maximum atomic E-state index is 6.23. The summed E-state index contributed by atoms with van der Waals surface area (Å²) in [5, 5.41) is 4.99. The molecular weight excluding hydrogens is 306 g/mol. The lowest BCUT2D eigenvalue weighted by Gasteiger charge is -2.18. The monoisotopic (exact) mass is 327 g/mol. The fraction of sp³-hybridized carbons (Fsp3) is 0.217. The molecule has 2 aromatic heterocycles. The zero-order chi connectivity index (χ0) is 17.3. The molecule has 0 aliphatic rings. The van der Waals surface area contributed by atoms with Gasteiger partial charge in [0.2, 0.25) is 0 Å². The molecular formula is C23H21NO. The van der Waals surface area contributed by atoms with E-state index in [1.807, 2.05) is 0 Å². The maximum Gasteiger partial charge on any atom is 0.137 e. The summed E-state index contributed by atoms with van der Waals surface area (Å²) in [6, 6.07) is 19.5. The first-order chi connectivity index (χ1) is 11.9. The number of rotatable bonds is 0. The van der Waals surface area contributed by atoms with Gasteiger partial charge in [0.25, 0.3) is 0 Å². The van der Waals surface area contributed by atoms with Crippen LogP contribution in [0.2, 0.25) is 0 Å². The van der Waals surface area contributed by atoms with E-state index in [9.17, 15) is 0 Å². The van der Waals surface area contributed by atoms with E-state index in [2.05, 4.69) is 87.0 Å². The fourth-order valence-corrected chi connectivity index (χ4v) is 4.00. The lowest BCUT2D eigenvalue weighted by atomic mass is 9.86. The average molecular weight is 327 g/mol. The second-order valence-electron chi connectivity index (χ2n) is 7.97. The Balaban J connectivity index is 1.98. The summed E-state index contributed by atoms with van der Waals surface area (Å²) >= 11 is 0. The maximum absolute atomic E-state index is 6.23. The molecule has 124 valence electrons. The Bertz CT molecular complexity index is 1280. The molecule has 0 amide bonds. The summed E-state index contributed by atoms with van der Waals surface area (Å²) in [6.07, 6.45) is 0. The van der Waals surface area contributed by atoms with E-state index in [1.165, 1.54) is 38.1 Å². The van der Waals surface area contributed by atoms with Gasteiger partial charge in [-0.25, -0.2) is 0 Å². The van der Waals surface area contributed by atoms with Crippen LogP contribution in [0.1, 0.15) is 26.3 Å². The summed E-state index contributed by atoms with van der Waals surface area (Å²) in [4.78, 5) is 0. The van der Waals surface area contributed by atoms with Crippen LogP contribution in [-0.2, 0) is 12.5 Å². The molecule has 0 aliphatic carbocycles. The number of nitrogens with zero attached hydrogens (tertiary/aromatic N) is 1. The van der Waals surface area contributed by atoms with Gasteiger partial charge in [-0.05, 0) is 35.2 Å². The molecule has 0 atom stereocenters. The van der Waals surface area contributed by atoms with Crippen LogP contribution >= 0.6 is 0 Å². The van der Waals surface area contributed by atoms with Crippen LogP contribution in [0.4, 0.5) is 0 Å². The van der Waals surface area contributed by atoms with Crippen LogP contribution in [0, 0.1) is 0 Å². The van der Waals surface area contributed by atoms with Crippen LogP contribution in [0.25, 0.3) is 43.7 Å². The first-order valence-electron chi connectivity index (χ1n) is 8.78. The van der Waals surface area contributed by atoms with Gasteiger partial charge in [0.05, 0.1) is 10.9 Å². The molecule has 2 nitrogen and oxygen atoms in total. The second-order valence-corrected chi connectivity index (χ2v) is 7.97. The van der Waals surface area contributed by atoms with Crippen molar-refractivity contribution in [1.29, 1.82) is 0 Å². The van der Waals surface area contributed by atoms with E-state index in [0.717, 1.165) is 11.2 Å². The zero-order valence-electron chi connectivity index (χ0n) is 15.1. The summed E-state index contributed by atoms with van der Waals surface area (Å²) in [5.41, 5.74) is 5.85. The summed E-state index contributed by atoms with van der Waals surface area (Å²) in [6.45, 7) is 6.71. The molecule has 0 saturated carbocycles. The molecule has 0 aliphatic heterocycles. The van der Waals surface area contributed by atoms with Crippen molar-refractivity contribution in [3.05, 3.63) is 60.2 Å². The predicted molar refractivity (Wildman–Crippen MR) is 106 cm³/mol. The van der Waals surface area contributed by atoms with Crippen molar-refractivity contribution < 1.29 is 4.42 Å². The number of para-hydroxylation sites is 1. The lowest BCUT2D eigenvalue weighted by Crippen LogP contribution is -2.10. The van der Waals surface area contributed by atoms with Gasteiger partial charge in [0.1, 0.15) is 11.2 Å². The van der Waals surface area contributed by atoms with Gasteiger partial charge in [-0.2, -0.15) is 0 Å². The first kappa shape index (κ1) is 14.6. The number of aromatic nitrogens is 1. The highest BCUT2D eigenvalue weighted by molar-refractivity contribution is 6.23. The van der Waals surface area contributed by atoms with Gasteiger partial charge in [-0.15, -0.1) is 0 Å². The predicted octanol–water partition coefficient (Wildman–Crippen LogP) is 6.53. The van der Waals surface area contributed by atoms with Crippen molar-refractivity contribution in [1.82, 2.24) is 4.57 Å². The van der Waals surface area contributed by atoms with E-state index >= 15 is 0 Å². The summed E-state index contributed by atoms with van der Waals surface area (Å²) in [7, 11) is 2.15. The molecule has 2 heteroatoms. The first-order valence-corrected chi connectivity index (χ1v) is 8.78. The molecule has 2 heterocycles. The van der Waals surface area contributed by atoms with Crippen molar-refractivity contribution in [2.45, 2.75) is 26.2 Å². The normalized spacial score (nSPS) is 12.8. The van der Waals surface area contributed by atoms with Gasteiger partial charge in [0.15, 0.2) is 0 Å². The number of benzene rings is 3. The Hall–Kier alpha value is -2.74. The minimum absolute atomic E-state index is 0.113. The molecule has 5 aromatic rings. The lowest BCUT2D eigenvalue weighted by molar-refractivity contribution is 0.587.